The molecule has 0 spiro atoms. The molecule has 11 heteroatoms. The molecular weight excluding hydrogens is 636 g/mol. The topological polar surface area (TPSA) is 147 Å². The van der Waals surface area contributed by atoms with Crippen molar-refractivity contribution < 1.29 is 33.8 Å². The SMILES string of the molecule is Cc1ccc2c(O[C@@H]3C[C@H]4C(=O)N[C@]5(C(=O)O)CC5/C=C\CCCCC[C@H](NC(=O)OC(C)(C)C)C(=O)N4C3)cc(-c3ccccc3)nc2c1. The molecule has 3 aromatic rings. The zero-order valence-corrected chi connectivity index (χ0v) is 29.1. The second-order valence-electron chi connectivity index (χ2n) is 14.7. The average Bonchev–Trinajstić information content (AvgIpc) is 3.59. The van der Waals surface area contributed by atoms with Gasteiger partial charge in [0.2, 0.25) is 11.8 Å². The van der Waals surface area contributed by atoms with Gasteiger partial charge in [0.15, 0.2) is 0 Å². The van der Waals surface area contributed by atoms with E-state index < -0.39 is 53.2 Å². The summed E-state index contributed by atoms with van der Waals surface area (Å²) in [5.41, 5.74) is 1.22. The molecule has 2 aromatic carbocycles. The highest BCUT2D eigenvalue weighted by Gasteiger charge is 2.61. The van der Waals surface area contributed by atoms with Crippen LogP contribution in [0.2, 0.25) is 0 Å². The van der Waals surface area contributed by atoms with Gasteiger partial charge in [-0.1, -0.05) is 61.4 Å². The maximum Gasteiger partial charge on any atom is 0.408 e. The fourth-order valence-electron chi connectivity index (χ4n) is 6.94. The molecular formula is C39H46N4O7. The summed E-state index contributed by atoms with van der Waals surface area (Å²) < 4.78 is 12.2. The maximum atomic E-state index is 14.4. The molecule has 5 atom stereocenters. The Morgan fingerprint density at radius 3 is 2.58 bits per heavy atom. The molecule has 2 aliphatic heterocycles. The summed E-state index contributed by atoms with van der Waals surface area (Å²) >= 11 is 0. The van der Waals surface area contributed by atoms with Gasteiger partial charge >= 0.3 is 12.1 Å². The lowest BCUT2D eigenvalue weighted by molar-refractivity contribution is -0.145. The Morgan fingerprint density at radius 1 is 1.06 bits per heavy atom. The quantitative estimate of drug-likeness (QED) is 0.281. The van der Waals surface area contributed by atoms with Crippen LogP contribution in [0, 0.1) is 12.8 Å². The standard InChI is InChI=1S/C39H46N4O7/c1-24-17-18-28-31(19-24)40-30(25-13-9-8-10-14-25)21-33(28)49-27-20-32-34(44)42-39(36(46)47)22-26(39)15-11-6-5-7-12-16-29(35(45)43(32)23-27)41-37(48)50-38(2,3)4/h8-11,13-15,17-19,21,26-27,29,32H,5-7,12,16,20,22-23H2,1-4H3,(H,41,48)(H,42,44)(H,46,47)/b15-11-/t26?,27-,29+,32+,39-/m1/s1. The van der Waals surface area contributed by atoms with Crippen molar-refractivity contribution in [2.45, 2.75) is 102 Å². The molecule has 3 aliphatic rings. The van der Waals surface area contributed by atoms with Crippen LogP contribution in [0.3, 0.4) is 0 Å². The minimum absolute atomic E-state index is 0.0587. The van der Waals surface area contributed by atoms with E-state index in [4.69, 9.17) is 14.5 Å². The largest absolute Gasteiger partial charge is 0.488 e. The van der Waals surface area contributed by atoms with E-state index in [0.29, 0.717) is 18.6 Å². The third-order valence-electron chi connectivity index (χ3n) is 9.60. The number of benzene rings is 2. The number of pyridine rings is 1. The van der Waals surface area contributed by atoms with Gasteiger partial charge in [-0.05, 0) is 71.1 Å². The number of hydrogen-bond acceptors (Lipinski definition) is 7. The summed E-state index contributed by atoms with van der Waals surface area (Å²) in [5, 5.41) is 16.6. The van der Waals surface area contributed by atoms with Crippen molar-refractivity contribution in [3.63, 3.8) is 0 Å². The fourth-order valence-corrected chi connectivity index (χ4v) is 6.94. The number of carboxylic acid groups (broad SMARTS) is 1. The molecule has 1 saturated heterocycles. The second-order valence-corrected chi connectivity index (χ2v) is 14.7. The number of aryl methyl sites for hydroxylation is 1. The number of allylic oxidation sites excluding steroid dienone is 1. The van der Waals surface area contributed by atoms with Gasteiger partial charge in [0.1, 0.15) is 35.1 Å². The van der Waals surface area contributed by atoms with Crippen LogP contribution in [0.5, 0.6) is 5.75 Å². The predicted octanol–water partition coefficient (Wildman–Crippen LogP) is 5.93. The number of carbonyl (C=O) groups excluding carboxylic acids is 3. The molecule has 6 rings (SSSR count). The minimum Gasteiger partial charge on any atom is -0.488 e. The van der Waals surface area contributed by atoms with Gasteiger partial charge in [-0.25, -0.2) is 14.6 Å². The maximum absolute atomic E-state index is 14.4. The molecule has 1 aliphatic carbocycles. The van der Waals surface area contributed by atoms with Crippen molar-refractivity contribution in [2.75, 3.05) is 6.54 Å². The summed E-state index contributed by atoms with van der Waals surface area (Å²) in [4.78, 5) is 60.2. The Balaban J connectivity index is 1.34. The van der Waals surface area contributed by atoms with Crippen LogP contribution in [0.15, 0.2) is 66.7 Å². The second kappa shape index (κ2) is 14.1. The highest BCUT2D eigenvalue weighted by molar-refractivity contribution is 5.96. The van der Waals surface area contributed by atoms with Crippen LogP contribution >= 0.6 is 0 Å². The number of aliphatic carboxylic acids is 1. The lowest BCUT2D eigenvalue weighted by atomic mass is 10.0. The third kappa shape index (κ3) is 7.77. The normalized spacial score (nSPS) is 26.4. The van der Waals surface area contributed by atoms with Crippen LogP contribution in [0.4, 0.5) is 4.79 Å². The zero-order chi connectivity index (χ0) is 35.6. The number of nitrogens with one attached hydrogen (secondary N) is 2. The molecule has 0 radical (unpaired) electrons. The van der Waals surface area contributed by atoms with Crippen LogP contribution in [0.25, 0.3) is 22.2 Å². The summed E-state index contributed by atoms with van der Waals surface area (Å²) in [6.45, 7) is 7.30. The number of carboxylic acids is 1. The molecule has 1 saturated carbocycles. The first kappa shape index (κ1) is 34.9. The molecule has 3 heterocycles. The Bertz CT molecular complexity index is 1800. The summed E-state index contributed by atoms with van der Waals surface area (Å²) in [5.74, 6) is -1.88. The summed E-state index contributed by atoms with van der Waals surface area (Å²) in [6.07, 6.45) is 6.35. The van der Waals surface area contributed by atoms with Gasteiger partial charge in [0, 0.05) is 29.4 Å². The number of alkyl carbamates (subject to hydrolysis) is 1. The summed E-state index contributed by atoms with van der Waals surface area (Å²) in [6, 6.07) is 15.6. The molecule has 2 fully saturated rings. The molecule has 1 aromatic heterocycles. The first-order chi connectivity index (χ1) is 23.8. The first-order valence-electron chi connectivity index (χ1n) is 17.5. The fraction of sp³-hybridized carbons (Fsp3) is 0.462. The highest BCUT2D eigenvalue weighted by atomic mass is 16.6. The number of amides is 3. The minimum atomic E-state index is -1.43. The van der Waals surface area contributed by atoms with Crippen molar-refractivity contribution in [3.05, 3.63) is 72.3 Å². The molecule has 0 bridgehead atoms. The van der Waals surface area contributed by atoms with Gasteiger partial charge in [0.05, 0.1) is 17.8 Å². The highest BCUT2D eigenvalue weighted by Crippen LogP contribution is 2.45. The molecule has 11 nitrogen and oxygen atoms in total. The van der Waals surface area contributed by atoms with Crippen molar-refractivity contribution in [2.24, 2.45) is 5.92 Å². The zero-order valence-electron chi connectivity index (χ0n) is 29.1. The number of fused-ring (bicyclic) bond motifs is 3. The van der Waals surface area contributed by atoms with Gasteiger partial charge in [-0.15, -0.1) is 0 Å². The van der Waals surface area contributed by atoms with Crippen LogP contribution in [0.1, 0.15) is 71.3 Å². The molecule has 3 amide bonds. The van der Waals surface area contributed by atoms with E-state index in [9.17, 15) is 24.3 Å². The average molecular weight is 683 g/mol. The van der Waals surface area contributed by atoms with Gasteiger partial charge < -0.3 is 30.1 Å². The molecule has 264 valence electrons. The van der Waals surface area contributed by atoms with Crippen molar-refractivity contribution in [1.82, 2.24) is 20.5 Å². The third-order valence-corrected chi connectivity index (χ3v) is 9.60. The Labute approximate surface area is 292 Å². The lowest BCUT2D eigenvalue weighted by Gasteiger charge is -2.30. The van der Waals surface area contributed by atoms with Crippen molar-refractivity contribution in [3.8, 4) is 17.0 Å². The molecule has 50 heavy (non-hydrogen) atoms. The van der Waals surface area contributed by atoms with E-state index in [2.05, 4.69) is 10.6 Å². The van der Waals surface area contributed by atoms with E-state index in [1.54, 1.807) is 20.8 Å². The Morgan fingerprint density at radius 2 is 1.84 bits per heavy atom. The Kier molecular flexibility index (Phi) is 9.87. The number of aromatic nitrogens is 1. The number of ether oxygens (including phenoxy) is 2. The Hall–Kier alpha value is -4.93. The van der Waals surface area contributed by atoms with Crippen molar-refractivity contribution in [1.29, 1.82) is 0 Å². The van der Waals surface area contributed by atoms with Crippen LogP contribution in [-0.2, 0) is 19.1 Å². The van der Waals surface area contributed by atoms with Crippen molar-refractivity contribution >= 4 is 34.8 Å². The molecule has 3 N–H and O–H groups in total. The van der Waals surface area contributed by atoms with Gasteiger partial charge in [-0.2, -0.15) is 0 Å². The van der Waals surface area contributed by atoms with E-state index >= 15 is 0 Å². The van der Waals surface area contributed by atoms with E-state index in [1.807, 2.05) is 73.7 Å². The number of carbonyl (C=O) groups is 4. The van der Waals surface area contributed by atoms with E-state index in [0.717, 1.165) is 47.0 Å². The van der Waals surface area contributed by atoms with Crippen LogP contribution < -0.4 is 15.4 Å². The van der Waals surface area contributed by atoms with Crippen LogP contribution in [-0.4, -0.2) is 74.7 Å². The van der Waals surface area contributed by atoms with E-state index in [-0.39, 0.29) is 25.3 Å². The monoisotopic (exact) mass is 682 g/mol. The number of hydrogen-bond donors (Lipinski definition) is 3. The smallest absolute Gasteiger partial charge is 0.408 e. The number of rotatable bonds is 5. The molecule has 1 unspecified atom stereocenters. The predicted molar refractivity (Wildman–Crippen MR) is 188 cm³/mol. The lowest BCUT2D eigenvalue weighted by Crippen LogP contribution is -2.56. The van der Waals surface area contributed by atoms with E-state index in [1.165, 1.54) is 4.90 Å². The van der Waals surface area contributed by atoms with Gasteiger partial charge in [-0.3, -0.25) is 9.59 Å². The summed E-state index contributed by atoms with van der Waals surface area (Å²) in [7, 11) is 0. The van der Waals surface area contributed by atoms with Gasteiger partial charge in [0.25, 0.3) is 0 Å². The number of nitrogens with zero attached hydrogens (tertiary/aromatic N) is 2. The first-order valence-corrected chi connectivity index (χ1v) is 17.5.